The quantitative estimate of drug-likeness (QED) is 0.805. The molecule has 2 aromatic rings. The first-order valence-electron chi connectivity index (χ1n) is 5.29. The molecule has 0 aliphatic rings. The Hall–Kier alpha value is -2.34. The zero-order valence-electron chi connectivity index (χ0n) is 9.50. The molecule has 0 bridgehead atoms. The maximum atomic E-state index is 9.24. The Bertz CT molecular complexity index is 514. The third-order valence-electron chi connectivity index (χ3n) is 2.56. The largest absolute Gasteiger partial charge is 0.497 e. The molecule has 1 aromatic heterocycles. The number of pyridine rings is 1. The Kier molecular flexibility index (Phi) is 3.37. The molecule has 0 aliphatic heterocycles. The van der Waals surface area contributed by atoms with Crippen molar-refractivity contribution in [3.63, 3.8) is 0 Å². The number of methoxy groups -OCH3 is 1. The summed E-state index contributed by atoms with van der Waals surface area (Å²) in [5.74, 6) is 0.452. The van der Waals surface area contributed by atoms with Crippen LogP contribution >= 0.6 is 0 Å². The van der Waals surface area contributed by atoms with Gasteiger partial charge in [0.2, 0.25) is 0 Å². The van der Waals surface area contributed by atoms with Crippen LogP contribution in [-0.2, 0) is 0 Å². The summed E-state index contributed by atoms with van der Waals surface area (Å²) in [4.78, 5) is 4.22. The molecule has 3 heteroatoms. The van der Waals surface area contributed by atoms with E-state index in [4.69, 9.17) is 4.74 Å². The van der Waals surface area contributed by atoms with Crippen LogP contribution in [0, 0.1) is 11.3 Å². The standard InChI is InChI=1S/C14H12N2O/c1-17-12-7-5-11(6-8-12)13(10-15)14-4-2-3-9-16-14/h2-9,13H,1H3/t13-/m1/s1. The Morgan fingerprint density at radius 2 is 1.94 bits per heavy atom. The van der Waals surface area contributed by atoms with E-state index in [9.17, 15) is 5.26 Å². The van der Waals surface area contributed by atoms with Crippen LogP contribution in [0.25, 0.3) is 0 Å². The molecule has 84 valence electrons. The maximum absolute atomic E-state index is 9.24. The lowest BCUT2D eigenvalue weighted by molar-refractivity contribution is 0.414. The second-order valence-corrected chi connectivity index (χ2v) is 3.59. The predicted molar refractivity (Wildman–Crippen MR) is 64.7 cm³/mol. The molecule has 17 heavy (non-hydrogen) atoms. The van der Waals surface area contributed by atoms with E-state index in [1.807, 2.05) is 42.5 Å². The average molecular weight is 224 g/mol. The van der Waals surface area contributed by atoms with Gasteiger partial charge in [-0.15, -0.1) is 0 Å². The normalized spacial score (nSPS) is 11.5. The number of nitrogens with zero attached hydrogens (tertiary/aromatic N) is 2. The molecule has 1 aromatic carbocycles. The second-order valence-electron chi connectivity index (χ2n) is 3.59. The lowest BCUT2D eigenvalue weighted by atomic mass is 9.97. The number of hydrogen-bond acceptors (Lipinski definition) is 3. The van der Waals surface area contributed by atoms with Gasteiger partial charge >= 0.3 is 0 Å². The van der Waals surface area contributed by atoms with Gasteiger partial charge in [0.25, 0.3) is 0 Å². The summed E-state index contributed by atoms with van der Waals surface area (Å²) in [6.45, 7) is 0. The van der Waals surface area contributed by atoms with Gasteiger partial charge in [0.1, 0.15) is 11.7 Å². The highest BCUT2D eigenvalue weighted by atomic mass is 16.5. The van der Waals surface area contributed by atoms with Crippen molar-refractivity contribution >= 4 is 0 Å². The summed E-state index contributed by atoms with van der Waals surface area (Å²) in [7, 11) is 1.62. The van der Waals surface area contributed by atoms with Crippen LogP contribution < -0.4 is 4.74 Å². The fraction of sp³-hybridized carbons (Fsp3) is 0.143. The zero-order chi connectivity index (χ0) is 12.1. The SMILES string of the molecule is COc1ccc([C@@H](C#N)c2ccccn2)cc1. The van der Waals surface area contributed by atoms with E-state index >= 15 is 0 Å². The van der Waals surface area contributed by atoms with E-state index in [1.165, 1.54) is 0 Å². The molecule has 0 spiro atoms. The first-order chi connectivity index (χ1) is 8.35. The summed E-state index contributed by atoms with van der Waals surface area (Å²) in [5, 5.41) is 9.24. The topological polar surface area (TPSA) is 45.9 Å². The van der Waals surface area contributed by atoms with E-state index in [0.717, 1.165) is 17.0 Å². The molecule has 0 fully saturated rings. The van der Waals surface area contributed by atoms with Crippen molar-refractivity contribution in [3.05, 3.63) is 59.9 Å². The molecule has 1 heterocycles. The minimum absolute atomic E-state index is 0.331. The molecule has 0 N–H and O–H groups in total. The van der Waals surface area contributed by atoms with Crippen LogP contribution in [0.2, 0.25) is 0 Å². The summed E-state index contributed by atoms with van der Waals surface area (Å²) < 4.78 is 5.09. The van der Waals surface area contributed by atoms with Gasteiger partial charge in [0.15, 0.2) is 0 Å². The number of aromatic nitrogens is 1. The highest BCUT2D eigenvalue weighted by molar-refractivity contribution is 5.37. The number of ether oxygens (including phenoxy) is 1. The lowest BCUT2D eigenvalue weighted by Gasteiger charge is -2.09. The molecule has 0 unspecified atom stereocenters. The van der Waals surface area contributed by atoms with E-state index in [-0.39, 0.29) is 5.92 Å². The predicted octanol–water partition coefficient (Wildman–Crippen LogP) is 2.75. The smallest absolute Gasteiger partial charge is 0.118 e. The number of hydrogen-bond donors (Lipinski definition) is 0. The van der Waals surface area contributed by atoms with Crippen molar-refractivity contribution in [3.8, 4) is 11.8 Å². The van der Waals surface area contributed by atoms with Crippen LogP contribution in [0.3, 0.4) is 0 Å². The van der Waals surface area contributed by atoms with Crippen molar-refractivity contribution in [2.75, 3.05) is 7.11 Å². The van der Waals surface area contributed by atoms with Crippen molar-refractivity contribution in [1.82, 2.24) is 4.98 Å². The zero-order valence-corrected chi connectivity index (χ0v) is 9.50. The van der Waals surface area contributed by atoms with Crippen LogP contribution in [0.1, 0.15) is 17.2 Å². The third-order valence-corrected chi connectivity index (χ3v) is 2.56. The summed E-state index contributed by atoms with van der Waals surface area (Å²) in [6.07, 6.45) is 1.70. The van der Waals surface area contributed by atoms with Crippen LogP contribution in [0.5, 0.6) is 5.75 Å². The summed E-state index contributed by atoms with van der Waals surface area (Å²) >= 11 is 0. The van der Waals surface area contributed by atoms with E-state index < -0.39 is 0 Å². The Balaban J connectivity index is 2.33. The van der Waals surface area contributed by atoms with Gasteiger partial charge in [-0.3, -0.25) is 4.98 Å². The van der Waals surface area contributed by atoms with Gasteiger partial charge in [-0.1, -0.05) is 18.2 Å². The van der Waals surface area contributed by atoms with Crippen LogP contribution in [0.15, 0.2) is 48.7 Å². The second kappa shape index (κ2) is 5.13. The van der Waals surface area contributed by atoms with Gasteiger partial charge in [-0.05, 0) is 29.8 Å². The van der Waals surface area contributed by atoms with E-state index in [1.54, 1.807) is 13.3 Å². The molecule has 2 rings (SSSR count). The summed E-state index contributed by atoms with van der Waals surface area (Å²) in [6, 6.07) is 15.3. The van der Waals surface area contributed by atoms with Crippen molar-refractivity contribution in [1.29, 1.82) is 5.26 Å². The van der Waals surface area contributed by atoms with Crippen LogP contribution in [0.4, 0.5) is 0 Å². The molecular formula is C14H12N2O. The van der Waals surface area contributed by atoms with Gasteiger partial charge in [0.05, 0.1) is 18.9 Å². The molecule has 0 radical (unpaired) electrons. The Morgan fingerprint density at radius 1 is 1.18 bits per heavy atom. The van der Waals surface area contributed by atoms with Crippen molar-refractivity contribution in [2.24, 2.45) is 0 Å². The van der Waals surface area contributed by atoms with Gasteiger partial charge in [-0.2, -0.15) is 5.26 Å². The minimum Gasteiger partial charge on any atom is -0.497 e. The fourth-order valence-corrected chi connectivity index (χ4v) is 1.65. The highest BCUT2D eigenvalue weighted by Gasteiger charge is 2.13. The number of rotatable bonds is 3. The third kappa shape index (κ3) is 2.43. The minimum atomic E-state index is -0.331. The van der Waals surface area contributed by atoms with E-state index in [0.29, 0.717) is 0 Å². The van der Waals surface area contributed by atoms with Crippen molar-refractivity contribution < 1.29 is 4.74 Å². The van der Waals surface area contributed by atoms with Crippen LogP contribution in [-0.4, -0.2) is 12.1 Å². The molecule has 0 saturated carbocycles. The first-order valence-corrected chi connectivity index (χ1v) is 5.29. The molecule has 0 aliphatic carbocycles. The molecule has 0 saturated heterocycles. The van der Waals surface area contributed by atoms with Gasteiger partial charge in [0, 0.05) is 6.20 Å². The van der Waals surface area contributed by atoms with E-state index in [2.05, 4.69) is 11.1 Å². The van der Waals surface area contributed by atoms with Crippen molar-refractivity contribution in [2.45, 2.75) is 5.92 Å². The average Bonchev–Trinajstić information content (AvgIpc) is 2.42. The number of benzene rings is 1. The molecule has 3 nitrogen and oxygen atoms in total. The lowest BCUT2D eigenvalue weighted by Crippen LogP contribution is -2.00. The maximum Gasteiger partial charge on any atom is 0.118 e. The highest BCUT2D eigenvalue weighted by Crippen LogP contribution is 2.23. The number of nitriles is 1. The first kappa shape index (κ1) is 11.2. The fourth-order valence-electron chi connectivity index (χ4n) is 1.65. The Labute approximate surface area is 100 Å². The Morgan fingerprint density at radius 3 is 2.47 bits per heavy atom. The monoisotopic (exact) mass is 224 g/mol. The summed E-state index contributed by atoms with van der Waals surface area (Å²) in [5.41, 5.74) is 1.69. The molecule has 1 atom stereocenters. The molecule has 0 amide bonds. The van der Waals surface area contributed by atoms with Gasteiger partial charge in [-0.25, -0.2) is 0 Å². The van der Waals surface area contributed by atoms with Gasteiger partial charge < -0.3 is 4.74 Å². The molecular weight excluding hydrogens is 212 g/mol.